The molecular weight excluding hydrogens is 172 g/mol. The fourth-order valence-corrected chi connectivity index (χ4v) is 2.25. The molecule has 0 radical (unpaired) electrons. The van der Waals surface area contributed by atoms with Crippen molar-refractivity contribution in [2.24, 2.45) is 0 Å². The van der Waals surface area contributed by atoms with Crippen molar-refractivity contribution in [2.45, 2.75) is 38.7 Å². The zero-order valence-corrected chi connectivity index (χ0v) is 8.83. The highest BCUT2D eigenvalue weighted by Crippen LogP contribution is 2.30. The van der Waals surface area contributed by atoms with E-state index < -0.39 is 0 Å². The molecule has 1 aromatic carbocycles. The van der Waals surface area contributed by atoms with Gasteiger partial charge in [0.25, 0.3) is 0 Å². The molecule has 0 aromatic heterocycles. The van der Waals surface area contributed by atoms with Gasteiger partial charge in [-0.3, -0.25) is 0 Å². The maximum atomic E-state index is 5.79. The van der Waals surface area contributed by atoms with Gasteiger partial charge >= 0.3 is 0 Å². The first kappa shape index (κ1) is 9.72. The molecule has 1 atom stereocenters. The van der Waals surface area contributed by atoms with Crippen LogP contribution in [0.25, 0.3) is 0 Å². The second-order valence-corrected chi connectivity index (χ2v) is 3.89. The van der Waals surface area contributed by atoms with Gasteiger partial charge < -0.3 is 4.74 Å². The minimum Gasteiger partial charge on any atom is -0.374 e. The van der Waals surface area contributed by atoms with Crippen molar-refractivity contribution in [3.05, 3.63) is 35.4 Å². The van der Waals surface area contributed by atoms with Crippen LogP contribution in [0, 0.1) is 0 Å². The first-order chi connectivity index (χ1) is 6.92. The summed E-state index contributed by atoms with van der Waals surface area (Å²) in [6, 6.07) is 8.72. The molecular formula is C13H18O. The molecule has 2 rings (SSSR count). The molecule has 0 heterocycles. The average molecular weight is 190 g/mol. The fraction of sp³-hybridized carbons (Fsp3) is 0.538. The first-order valence-electron chi connectivity index (χ1n) is 5.61. The minimum absolute atomic E-state index is 0.346. The Hall–Kier alpha value is -0.820. The van der Waals surface area contributed by atoms with Gasteiger partial charge in [0.1, 0.15) is 0 Å². The molecule has 0 spiro atoms. The van der Waals surface area contributed by atoms with Crippen molar-refractivity contribution < 1.29 is 4.74 Å². The number of rotatable bonds is 2. The van der Waals surface area contributed by atoms with E-state index in [1.807, 2.05) is 0 Å². The molecule has 1 heteroatoms. The Balaban J connectivity index is 2.27. The zero-order chi connectivity index (χ0) is 9.80. The molecule has 1 aliphatic rings. The summed E-state index contributed by atoms with van der Waals surface area (Å²) >= 11 is 0. The molecule has 1 aliphatic carbocycles. The Morgan fingerprint density at radius 2 is 2.14 bits per heavy atom. The minimum atomic E-state index is 0.346. The molecule has 1 aromatic rings. The molecule has 0 saturated heterocycles. The van der Waals surface area contributed by atoms with E-state index in [4.69, 9.17) is 4.74 Å². The van der Waals surface area contributed by atoms with Crippen LogP contribution < -0.4 is 0 Å². The van der Waals surface area contributed by atoms with Gasteiger partial charge in [0, 0.05) is 6.61 Å². The maximum Gasteiger partial charge on any atom is 0.0827 e. The smallest absolute Gasteiger partial charge is 0.0827 e. The standard InChI is InChI=1S/C13H18O/c1-2-14-13-10-6-4-8-11-7-3-5-9-12(11)13/h3,5,7,9,13H,2,4,6,8,10H2,1H3. The van der Waals surface area contributed by atoms with E-state index in [1.165, 1.54) is 36.8 Å². The summed E-state index contributed by atoms with van der Waals surface area (Å²) in [5, 5.41) is 0. The maximum absolute atomic E-state index is 5.79. The van der Waals surface area contributed by atoms with Crippen LogP contribution in [-0.4, -0.2) is 6.61 Å². The van der Waals surface area contributed by atoms with Gasteiger partial charge in [-0.25, -0.2) is 0 Å². The molecule has 1 nitrogen and oxygen atoms in total. The third kappa shape index (κ3) is 1.98. The average Bonchev–Trinajstić information content (AvgIpc) is 2.42. The van der Waals surface area contributed by atoms with Crippen molar-refractivity contribution in [2.75, 3.05) is 6.61 Å². The van der Waals surface area contributed by atoms with Crippen molar-refractivity contribution in [1.82, 2.24) is 0 Å². The van der Waals surface area contributed by atoms with Gasteiger partial charge in [-0.05, 0) is 37.3 Å². The number of aryl methyl sites for hydroxylation is 1. The lowest BCUT2D eigenvalue weighted by atomic mass is 10.0. The lowest BCUT2D eigenvalue weighted by Gasteiger charge is -2.17. The van der Waals surface area contributed by atoms with Gasteiger partial charge in [0.15, 0.2) is 0 Å². The molecule has 0 N–H and O–H groups in total. The van der Waals surface area contributed by atoms with Crippen LogP contribution in [0.1, 0.15) is 43.4 Å². The van der Waals surface area contributed by atoms with Crippen molar-refractivity contribution >= 4 is 0 Å². The Morgan fingerprint density at radius 1 is 1.29 bits per heavy atom. The number of fused-ring (bicyclic) bond motifs is 1. The fourth-order valence-electron chi connectivity index (χ4n) is 2.25. The first-order valence-corrected chi connectivity index (χ1v) is 5.61. The highest BCUT2D eigenvalue weighted by Gasteiger charge is 2.17. The van der Waals surface area contributed by atoms with E-state index in [0.29, 0.717) is 6.10 Å². The van der Waals surface area contributed by atoms with Crippen molar-refractivity contribution in [1.29, 1.82) is 0 Å². The number of benzene rings is 1. The molecule has 0 fully saturated rings. The van der Waals surface area contributed by atoms with Crippen LogP contribution >= 0.6 is 0 Å². The third-order valence-electron chi connectivity index (χ3n) is 2.93. The van der Waals surface area contributed by atoms with E-state index >= 15 is 0 Å². The highest BCUT2D eigenvalue weighted by molar-refractivity contribution is 5.30. The van der Waals surface area contributed by atoms with E-state index in [2.05, 4.69) is 31.2 Å². The van der Waals surface area contributed by atoms with Crippen LogP contribution in [0.2, 0.25) is 0 Å². The summed E-state index contributed by atoms with van der Waals surface area (Å²) in [5.74, 6) is 0. The Morgan fingerprint density at radius 3 is 3.00 bits per heavy atom. The molecule has 0 bridgehead atoms. The van der Waals surface area contributed by atoms with Crippen LogP contribution in [0.4, 0.5) is 0 Å². The van der Waals surface area contributed by atoms with Crippen LogP contribution in [0.5, 0.6) is 0 Å². The summed E-state index contributed by atoms with van der Waals surface area (Å²) in [7, 11) is 0. The molecule has 0 amide bonds. The zero-order valence-electron chi connectivity index (χ0n) is 8.83. The largest absolute Gasteiger partial charge is 0.374 e. The molecule has 0 aliphatic heterocycles. The van der Waals surface area contributed by atoms with Crippen LogP contribution in [-0.2, 0) is 11.2 Å². The van der Waals surface area contributed by atoms with E-state index in [0.717, 1.165) is 6.61 Å². The summed E-state index contributed by atoms with van der Waals surface area (Å²) in [5.41, 5.74) is 2.91. The summed E-state index contributed by atoms with van der Waals surface area (Å²) in [6.45, 7) is 2.90. The second kappa shape index (κ2) is 4.61. The summed E-state index contributed by atoms with van der Waals surface area (Å²) in [6.07, 6.45) is 5.35. The number of hydrogen-bond donors (Lipinski definition) is 0. The topological polar surface area (TPSA) is 9.23 Å². The summed E-state index contributed by atoms with van der Waals surface area (Å²) < 4.78 is 5.79. The highest BCUT2D eigenvalue weighted by atomic mass is 16.5. The SMILES string of the molecule is CCOC1CCCCc2ccccc21. The lowest BCUT2D eigenvalue weighted by Crippen LogP contribution is -2.04. The van der Waals surface area contributed by atoms with Crippen molar-refractivity contribution in [3.8, 4) is 0 Å². The van der Waals surface area contributed by atoms with E-state index in [-0.39, 0.29) is 0 Å². The molecule has 14 heavy (non-hydrogen) atoms. The van der Waals surface area contributed by atoms with Gasteiger partial charge in [-0.2, -0.15) is 0 Å². The van der Waals surface area contributed by atoms with E-state index in [9.17, 15) is 0 Å². The van der Waals surface area contributed by atoms with Crippen molar-refractivity contribution in [3.63, 3.8) is 0 Å². The monoisotopic (exact) mass is 190 g/mol. The summed E-state index contributed by atoms with van der Waals surface area (Å²) in [4.78, 5) is 0. The van der Waals surface area contributed by atoms with Gasteiger partial charge in [-0.15, -0.1) is 0 Å². The Labute approximate surface area is 86.1 Å². The number of ether oxygens (including phenoxy) is 1. The Kier molecular flexibility index (Phi) is 3.20. The van der Waals surface area contributed by atoms with E-state index in [1.54, 1.807) is 0 Å². The van der Waals surface area contributed by atoms with Crippen LogP contribution in [0.15, 0.2) is 24.3 Å². The normalized spacial score (nSPS) is 21.4. The van der Waals surface area contributed by atoms with Gasteiger partial charge in [-0.1, -0.05) is 30.7 Å². The number of hydrogen-bond acceptors (Lipinski definition) is 1. The van der Waals surface area contributed by atoms with Crippen LogP contribution in [0.3, 0.4) is 0 Å². The second-order valence-electron chi connectivity index (χ2n) is 3.89. The quantitative estimate of drug-likeness (QED) is 0.649. The molecule has 1 unspecified atom stereocenters. The lowest BCUT2D eigenvalue weighted by molar-refractivity contribution is 0.0559. The predicted molar refractivity (Wildman–Crippen MR) is 58.4 cm³/mol. The predicted octanol–water partition coefficient (Wildman–Crippen LogP) is 3.49. The van der Waals surface area contributed by atoms with Gasteiger partial charge in [0.05, 0.1) is 6.10 Å². The van der Waals surface area contributed by atoms with Gasteiger partial charge in [0.2, 0.25) is 0 Å². The Bertz CT molecular complexity index is 293. The molecule has 76 valence electrons. The third-order valence-corrected chi connectivity index (χ3v) is 2.93. The molecule has 0 saturated carbocycles.